The molecule has 6 heteroatoms. The Morgan fingerprint density at radius 2 is 1.69 bits per heavy atom. The van der Waals surface area contributed by atoms with Gasteiger partial charge in [0, 0.05) is 21.2 Å². The summed E-state index contributed by atoms with van der Waals surface area (Å²) in [6, 6.07) is 22.5. The van der Waals surface area contributed by atoms with Crippen LogP contribution in [0.1, 0.15) is 51.5 Å². The molecule has 1 aliphatic rings. The number of rotatable bonds is 10. The van der Waals surface area contributed by atoms with Gasteiger partial charge in [0.25, 0.3) is 0 Å². The van der Waals surface area contributed by atoms with Crippen LogP contribution in [0.3, 0.4) is 0 Å². The Hall–Kier alpha value is -2.73. The molecule has 0 fully saturated rings. The predicted molar refractivity (Wildman–Crippen MR) is 140 cm³/mol. The van der Waals surface area contributed by atoms with Gasteiger partial charge in [-0.2, -0.15) is 0 Å². The molecule has 0 saturated heterocycles. The van der Waals surface area contributed by atoms with Gasteiger partial charge in [-0.25, -0.2) is 4.79 Å². The number of carbonyl (C=O) groups excluding carboxylic acids is 1. The fourth-order valence-electron chi connectivity index (χ4n) is 4.57. The maximum absolute atomic E-state index is 12.5. The fraction of sp³-hybridized carbons (Fsp3) is 0.310. The molecular weight excluding hydrogens is 480 g/mol. The van der Waals surface area contributed by atoms with Crippen LogP contribution in [0.2, 0.25) is 0 Å². The first-order valence-corrected chi connectivity index (χ1v) is 12.9. The first-order chi connectivity index (χ1) is 16.8. The van der Waals surface area contributed by atoms with E-state index in [1.165, 1.54) is 34.1 Å². The number of aromatic carboxylic acids is 1. The molecule has 2 atom stereocenters. The van der Waals surface area contributed by atoms with Gasteiger partial charge >= 0.3 is 5.97 Å². The average Bonchev–Trinajstić information content (AvgIpc) is 3.43. The maximum atomic E-state index is 12.5. The van der Waals surface area contributed by atoms with E-state index in [-0.39, 0.29) is 41.1 Å². The zero-order valence-electron chi connectivity index (χ0n) is 19.9. The van der Waals surface area contributed by atoms with E-state index in [1.54, 1.807) is 12.1 Å². The number of carbonyl (C=O) groups is 2. The van der Waals surface area contributed by atoms with Crippen LogP contribution in [-0.4, -0.2) is 23.5 Å². The van der Waals surface area contributed by atoms with Crippen LogP contribution in [0, 0.1) is 11.8 Å². The highest BCUT2D eigenvalue weighted by atomic mass is 35.5. The monoisotopic (exact) mass is 508 g/mol. The smallest absolute Gasteiger partial charge is 0.345 e. The molecule has 35 heavy (non-hydrogen) atoms. The molecule has 0 spiro atoms. The summed E-state index contributed by atoms with van der Waals surface area (Å²) < 4.78 is 5.80. The van der Waals surface area contributed by atoms with Gasteiger partial charge in [0.2, 0.25) is 0 Å². The zero-order valence-corrected chi connectivity index (χ0v) is 21.4. The third-order valence-electron chi connectivity index (χ3n) is 6.81. The first-order valence-electron chi connectivity index (χ1n) is 11.7. The van der Waals surface area contributed by atoms with Crippen molar-refractivity contribution in [3.63, 3.8) is 0 Å². The predicted octanol–water partition coefficient (Wildman–Crippen LogP) is 6.86. The van der Waals surface area contributed by atoms with Gasteiger partial charge in [-0.15, -0.1) is 11.3 Å². The number of hydrogen-bond donors (Lipinski definition) is 1. The Bertz CT molecular complexity index is 1210. The molecule has 0 bridgehead atoms. The van der Waals surface area contributed by atoms with Crippen molar-refractivity contribution in [2.45, 2.75) is 38.7 Å². The normalized spacial score (nSPS) is 18.0. The summed E-state index contributed by atoms with van der Waals surface area (Å²) in [7, 11) is 0. The van der Waals surface area contributed by atoms with Gasteiger partial charge in [0.1, 0.15) is 4.88 Å². The lowest BCUT2D eigenvalue weighted by Crippen LogP contribution is -2.23. The third kappa shape index (κ3) is 5.92. The van der Waals surface area contributed by atoms with Gasteiger partial charge in [-0.1, -0.05) is 80.0 Å². The lowest BCUT2D eigenvalue weighted by atomic mass is 9.78. The number of thiophene rings is 1. The van der Waals surface area contributed by atoms with Crippen molar-refractivity contribution < 1.29 is 19.4 Å². The summed E-state index contributed by atoms with van der Waals surface area (Å²) in [4.78, 5) is 24.7. The van der Waals surface area contributed by atoms with E-state index in [0.717, 1.165) is 17.7 Å². The molecule has 2 aromatic carbocycles. The molecule has 0 unspecified atom stereocenters. The number of carboxylic acid groups (broad SMARTS) is 1. The van der Waals surface area contributed by atoms with E-state index >= 15 is 0 Å². The number of ketones is 1. The molecule has 4 rings (SSSR count). The highest BCUT2D eigenvalue weighted by molar-refractivity contribution is 7.13. The zero-order chi connectivity index (χ0) is 25.0. The van der Waals surface area contributed by atoms with E-state index in [9.17, 15) is 9.59 Å². The largest absolute Gasteiger partial charge is 0.477 e. The van der Waals surface area contributed by atoms with Crippen molar-refractivity contribution in [2.24, 2.45) is 11.8 Å². The molecule has 1 heterocycles. The van der Waals surface area contributed by atoms with E-state index in [4.69, 9.17) is 21.4 Å². The molecule has 0 aliphatic heterocycles. The average molecular weight is 509 g/mol. The molecule has 0 amide bonds. The second-order valence-electron chi connectivity index (χ2n) is 9.46. The van der Waals surface area contributed by atoms with Crippen molar-refractivity contribution in [1.82, 2.24) is 0 Å². The number of carboxylic acids is 1. The van der Waals surface area contributed by atoms with Crippen molar-refractivity contribution in [3.05, 3.63) is 104 Å². The molecule has 3 aromatic rings. The molecule has 4 nitrogen and oxygen atoms in total. The van der Waals surface area contributed by atoms with Crippen LogP contribution < -0.4 is 0 Å². The second-order valence-corrected chi connectivity index (χ2v) is 11.1. The molecule has 0 radical (unpaired) electrons. The third-order valence-corrected chi connectivity index (χ3v) is 8.25. The van der Waals surface area contributed by atoms with Crippen molar-refractivity contribution >= 4 is 34.7 Å². The van der Waals surface area contributed by atoms with Gasteiger partial charge in [0.05, 0.1) is 19.1 Å². The first kappa shape index (κ1) is 25.4. The van der Waals surface area contributed by atoms with Crippen LogP contribution in [0.5, 0.6) is 0 Å². The standard InChI is InChI=1S/C29H29ClO4S/c1-29(2,20-6-4-3-5-7-20)21-11-8-19(9-12-21)10-14-23-24(26(31)16-25(23)30)18-34-17-22-13-15-27(35-22)28(32)33/h3-9,11-13,15-16,23-24H,10,14,17-18H2,1-2H3,(H,32,33)/t23-,24-/m1/s1. The maximum Gasteiger partial charge on any atom is 0.345 e. The Morgan fingerprint density at radius 1 is 1.00 bits per heavy atom. The van der Waals surface area contributed by atoms with Gasteiger partial charge in [0.15, 0.2) is 5.78 Å². The lowest BCUT2D eigenvalue weighted by molar-refractivity contribution is -0.120. The number of benzene rings is 2. The SMILES string of the molecule is CC(C)(c1ccccc1)c1ccc(CC[C@H]2C(Cl)=CC(=O)[C@@H]2COCc2ccc(C(=O)O)s2)cc1. The number of allylic oxidation sites excluding steroid dienone is 2. The van der Waals surface area contributed by atoms with E-state index in [2.05, 4.69) is 62.4 Å². The second kappa shape index (κ2) is 10.9. The minimum atomic E-state index is -0.945. The van der Waals surface area contributed by atoms with E-state index < -0.39 is 5.97 Å². The van der Waals surface area contributed by atoms with Gasteiger partial charge < -0.3 is 9.84 Å². The Labute approximate surface area is 215 Å². The molecule has 1 N–H and O–H groups in total. The molecule has 182 valence electrons. The fourth-order valence-corrected chi connectivity index (χ4v) is 5.72. The van der Waals surface area contributed by atoms with Gasteiger partial charge in [-0.05, 0) is 47.7 Å². The van der Waals surface area contributed by atoms with Crippen molar-refractivity contribution in [2.75, 3.05) is 6.61 Å². The highest BCUT2D eigenvalue weighted by Crippen LogP contribution is 2.37. The molecule has 1 aliphatic carbocycles. The van der Waals surface area contributed by atoms with Crippen LogP contribution in [0.25, 0.3) is 0 Å². The summed E-state index contributed by atoms with van der Waals surface area (Å²) in [5.41, 5.74) is 3.66. The van der Waals surface area contributed by atoms with E-state index in [0.29, 0.717) is 5.03 Å². The van der Waals surface area contributed by atoms with Crippen LogP contribution in [0.15, 0.2) is 77.8 Å². The number of halogens is 1. The van der Waals surface area contributed by atoms with Crippen LogP contribution >= 0.6 is 22.9 Å². The number of ether oxygens (including phenoxy) is 1. The quantitative estimate of drug-likeness (QED) is 0.325. The minimum absolute atomic E-state index is 0.00244. The molecular formula is C29H29ClO4S. The summed E-state index contributed by atoms with van der Waals surface area (Å²) in [6.07, 6.45) is 3.11. The summed E-state index contributed by atoms with van der Waals surface area (Å²) in [5, 5.41) is 9.65. The molecule has 1 aromatic heterocycles. The summed E-state index contributed by atoms with van der Waals surface area (Å²) >= 11 is 7.63. The Kier molecular flexibility index (Phi) is 7.90. The molecule has 0 saturated carbocycles. The highest BCUT2D eigenvalue weighted by Gasteiger charge is 2.35. The van der Waals surface area contributed by atoms with Gasteiger partial charge in [-0.3, -0.25) is 4.79 Å². The van der Waals surface area contributed by atoms with Crippen LogP contribution in [-0.2, 0) is 28.0 Å². The minimum Gasteiger partial charge on any atom is -0.477 e. The van der Waals surface area contributed by atoms with Crippen LogP contribution in [0.4, 0.5) is 0 Å². The lowest BCUT2D eigenvalue weighted by Gasteiger charge is -2.26. The number of hydrogen-bond acceptors (Lipinski definition) is 4. The summed E-state index contributed by atoms with van der Waals surface area (Å²) in [5.74, 6) is -1.32. The summed E-state index contributed by atoms with van der Waals surface area (Å²) in [6.45, 7) is 5.01. The number of aryl methyl sites for hydroxylation is 1. The van der Waals surface area contributed by atoms with Crippen molar-refractivity contribution in [3.8, 4) is 0 Å². The van der Waals surface area contributed by atoms with Crippen molar-refractivity contribution in [1.29, 1.82) is 0 Å². The van der Waals surface area contributed by atoms with E-state index in [1.807, 2.05) is 6.07 Å². The Morgan fingerprint density at radius 3 is 2.34 bits per heavy atom. The topological polar surface area (TPSA) is 63.6 Å². The Balaban J connectivity index is 1.34.